The van der Waals surface area contributed by atoms with E-state index in [0.717, 1.165) is 0 Å². The Labute approximate surface area is 66.9 Å². The lowest BCUT2D eigenvalue weighted by Crippen LogP contribution is -2.13. The molecular weight excluding hydrogens is 214 g/mol. The molecule has 0 radical (unpaired) electrons. The van der Waals surface area contributed by atoms with Crippen molar-refractivity contribution in [1.82, 2.24) is 0 Å². The lowest BCUT2D eigenvalue weighted by atomic mass is 10.7. The first-order valence-electron chi connectivity index (χ1n) is 2.69. The summed E-state index contributed by atoms with van der Waals surface area (Å²) in [5, 5.41) is 8.67. The minimum Gasteiger partial charge on any atom is -0.366 e. The maximum absolute atomic E-state index is 10.6. The highest BCUT2D eigenvalue weighted by Crippen LogP contribution is 2.62. The largest absolute Gasteiger partial charge is 0.483 e. The van der Waals surface area contributed by atoms with Crippen LogP contribution in [0.3, 0.4) is 0 Å². The van der Waals surface area contributed by atoms with E-state index in [1.165, 1.54) is 0 Å². The summed E-state index contributed by atoms with van der Waals surface area (Å²) >= 11 is 0. The van der Waals surface area contributed by atoms with Crippen LogP contribution in [0, 0.1) is 0 Å². The van der Waals surface area contributed by atoms with E-state index in [-0.39, 0.29) is 0 Å². The van der Waals surface area contributed by atoms with E-state index in [2.05, 4.69) is 13.4 Å². The van der Waals surface area contributed by atoms with Crippen LogP contribution in [-0.4, -0.2) is 27.8 Å². The van der Waals surface area contributed by atoms with Crippen LogP contribution >= 0.6 is 15.6 Å². The van der Waals surface area contributed by atoms with Crippen molar-refractivity contribution in [3.63, 3.8) is 0 Å². The summed E-state index contributed by atoms with van der Waals surface area (Å²) < 4.78 is 32.8. The average Bonchev–Trinajstić information content (AvgIpc) is 1.86. The van der Waals surface area contributed by atoms with Crippen LogP contribution < -0.4 is 0 Å². The SMILES string of the molecule is O=P1(O)OCC(O)OP(=O)(O)O1. The molecule has 72 valence electrons. The number of phosphoric ester groups is 2. The fourth-order valence-electron chi connectivity index (χ4n) is 0.515. The van der Waals surface area contributed by atoms with Gasteiger partial charge in [-0.2, -0.15) is 4.31 Å². The summed E-state index contributed by atoms with van der Waals surface area (Å²) in [5.74, 6) is 0. The van der Waals surface area contributed by atoms with Crippen molar-refractivity contribution in [2.45, 2.75) is 6.29 Å². The number of phosphoric acid groups is 2. The number of hydrogen-bond donors (Lipinski definition) is 3. The lowest BCUT2D eigenvalue weighted by molar-refractivity contribution is -0.0519. The highest BCUT2D eigenvalue weighted by atomic mass is 31.3. The molecule has 0 aromatic rings. The zero-order valence-electron chi connectivity index (χ0n) is 5.56. The summed E-state index contributed by atoms with van der Waals surface area (Å²) in [6.45, 7) is -0.710. The predicted octanol–water partition coefficient (Wildman–Crippen LogP) is -0.431. The second-order valence-electron chi connectivity index (χ2n) is 1.87. The van der Waals surface area contributed by atoms with Crippen LogP contribution in [0.5, 0.6) is 0 Å². The van der Waals surface area contributed by atoms with Gasteiger partial charge in [-0.25, -0.2) is 9.13 Å². The maximum atomic E-state index is 10.6. The molecule has 0 amide bonds. The molecule has 0 bridgehead atoms. The third-order valence-corrected chi connectivity index (χ3v) is 3.48. The van der Waals surface area contributed by atoms with E-state index >= 15 is 0 Å². The van der Waals surface area contributed by atoms with E-state index in [4.69, 9.17) is 14.9 Å². The van der Waals surface area contributed by atoms with Gasteiger partial charge in [0.1, 0.15) is 6.61 Å². The van der Waals surface area contributed by atoms with Crippen molar-refractivity contribution in [3.05, 3.63) is 0 Å². The lowest BCUT2D eigenvalue weighted by Gasteiger charge is -2.09. The second kappa shape index (κ2) is 3.17. The second-order valence-corrected chi connectivity index (χ2v) is 4.87. The minimum atomic E-state index is -4.70. The summed E-state index contributed by atoms with van der Waals surface area (Å²) in [6, 6.07) is 0. The number of aliphatic hydroxyl groups excluding tert-OH is 1. The van der Waals surface area contributed by atoms with E-state index in [0.29, 0.717) is 0 Å². The molecular formula is C2H6O8P2. The van der Waals surface area contributed by atoms with E-state index in [9.17, 15) is 9.13 Å². The van der Waals surface area contributed by atoms with Crippen molar-refractivity contribution in [1.29, 1.82) is 0 Å². The van der Waals surface area contributed by atoms with Crippen LogP contribution in [-0.2, 0) is 22.5 Å². The summed E-state index contributed by atoms with van der Waals surface area (Å²) in [5.41, 5.74) is 0. The average molecular weight is 220 g/mol. The summed E-state index contributed by atoms with van der Waals surface area (Å²) in [4.78, 5) is 17.2. The van der Waals surface area contributed by atoms with Gasteiger partial charge in [0.2, 0.25) is 0 Å². The van der Waals surface area contributed by atoms with Crippen LogP contribution in [0.15, 0.2) is 0 Å². The number of hydrogen-bond acceptors (Lipinski definition) is 6. The topological polar surface area (TPSA) is 123 Å². The fraction of sp³-hybridized carbons (Fsp3) is 1.00. The molecule has 0 aliphatic carbocycles. The van der Waals surface area contributed by atoms with Crippen molar-refractivity contribution < 1.29 is 37.4 Å². The maximum Gasteiger partial charge on any atom is 0.483 e. The Balaban J connectivity index is 2.84. The zero-order chi connectivity index (χ0) is 9.41. The minimum absolute atomic E-state index is 0.710. The van der Waals surface area contributed by atoms with E-state index in [1.54, 1.807) is 0 Å². The molecule has 3 unspecified atom stereocenters. The molecule has 1 rings (SSSR count). The molecule has 0 aromatic heterocycles. The first-order chi connectivity index (χ1) is 5.31. The van der Waals surface area contributed by atoms with Crippen molar-refractivity contribution in [2.24, 2.45) is 0 Å². The Bertz CT molecular complexity index is 260. The molecule has 3 atom stereocenters. The first-order valence-corrected chi connectivity index (χ1v) is 5.68. The molecule has 8 nitrogen and oxygen atoms in total. The van der Waals surface area contributed by atoms with Crippen molar-refractivity contribution in [3.8, 4) is 0 Å². The van der Waals surface area contributed by atoms with Gasteiger partial charge in [-0.15, -0.1) is 0 Å². The van der Waals surface area contributed by atoms with E-state index < -0.39 is 28.5 Å². The van der Waals surface area contributed by atoms with Crippen molar-refractivity contribution >= 4 is 15.6 Å². The third kappa shape index (κ3) is 2.93. The highest BCUT2D eigenvalue weighted by Gasteiger charge is 2.41. The van der Waals surface area contributed by atoms with Gasteiger partial charge < -0.3 is 14.9 Å². The molecule has 12 heavy (non-hydrogen) atoms. The van der Waals surface area contributed by atoms with Crippen LogP contribution in [0.2, 0.25) is 0 Å². The first kappa shape index (κ1) is 10.3. The van der Waals surface area contributed by atoms with Gasteiger partial charge in [-0.3, -0.25) is 9.05 Å². The molecule has 1 saturated heterocycles. The highest BCUT2D eigenvalue weighted by molar-refractivity contribution is 7.61. The molecule has 3 N–H and O–H groups in total. The molecule has 1 aliphatic rings. The predicted molar refractivity (Wildman–Crippen MR) is 33.8 cm³/mol. The Morgan fingerprint density at radius 2 is 1.83 bits per heavy atom. The quantitative estimate of drug-likeness (QED) is 0.470. The van der Waals surface area contributed by atoms with Gasteiger partial charge in [-0.1, -0.05) is 0 Å². The van der Waals surface area contributed by atoms with Crippen LogP contribution in [0.25, 0.3) is 0 Å². The molecule has 1 fully saturated rings. The Kier molecular flexibility index (Phi) is 2.72. The van der Waals surface area contributed by atoms with Crippen LogP contribution in [0.4, 0.5) is 0 Å². The number of rotatable bonds is 0. The molecule has 0 saturated carbocycles. The van der Waals surface area contributed by atoms with Crippen molar-refractivity contribution in [2.75, 3.05) is 6.61 Å². The fourth-order valence-corrected chi connectivity index (χ4v) is 2.59. The number of aliphatic hydroxyl groups is 1. The molecule has 0 spiro atoms. The summed E-state index contributed by atoms with van der Waals surface area (Å²) in [6.07, 6.45) is -1.76. The monoisotopic (exact) mass is 220 g/mol. The molecule has 10 heteroatoms. The van der Waals surface area contributed by atoms with E-state index in [1.807, 2.05) is 0 Å². The summed E-state index contributed by atoms with van der Waals surface area (Å²) in [7, 11) is -9.28. The Morgan fingerprint density at radius 1 is 1.25 bits per heavy atom. The van der Waals surface area contributed by atoms with Gasteiger partial charge in [0.15, 0.2) is 6.29 Å². The Morgan fingerprint density at radius 3 is 2.42 bits per heavy atom. The van der Waals surface area contributed by atoms with Gasteiger partial charge >= 0.3 is 15.6 Å². The zero-order valence-corrected chi connectivity index (χ0v) is 7.35. The molecule has 1 aliphatic heterocycles. The smallest absolute Gasteiger partial charge is 0.366 e. The standard InChI is InChI=1S/C2H6O8P2/c3-2-1-8-11(4,5)10-12(6,7)9-2/h2-3H,1H2,(H,4,5)(H,6,7). The van der Waals surface area contributed by atoms with Gasteiger partial charge in [0, 0.05) is 0 Å². The molecule has 0 aromatic carbocycles. The normalized spacial score (nSPS) is 50.1. The Hall–Kier alpha value is 0.220. The van der Waals surface area contributed by atoms with Gasteiger partial charge in [-0.05, 0) is 0 Å². The van der Waals surface area contributed by atoms with Gasteiger partial charge in [0.25, 0.3) is 0 Å². The third-order valence-electron chi connectivity index (χ3n) is 0.842. The van der Waals surface area contributed by atoms with Crippen LogP contribution in [0.1, 0.15) is 0 Å². The van der Waals surface area contributed by atoms with Gasteiger partial charge in [0.05, 0.1) is 0 Å². The molecule has 1 heterocycles.